The van der Waals surface area contributed by atoms with E-state index in [2.05, 4.69) is 0 Å². The minimum atomic E-state index is -3.12. The average molecular weight is 194 g/mol. The van der Waals surface area contributed by atoms with Crippen LogP contribution in [0.5, 0.6) is 0 Å². The largest absolute Gasteiger partial charge is 0.219 e. The fourth-order valence-corrected chi connectivity index (χ4v) is 2.67. The molecule has 0 saturated carbocycles. The smallest absolute Gasteiger partial charge is 0.200 e. The van der Waals surface area contributed by atoms with E-state index in [4.69, 9.17) is 0 Å². The van der Waals surface area contributed by atoms with Crippen LogP contribution in [0.3, 0.4) is 0 Å². The zero-order valence-electron chi connectivity index (χ0n) is 7.32. The van der Waals surface area contributed by atoms with Crippen LogP contribution in [0, 0.1) is 0 Å². The molecule has 1 aromatic carbocycles. The second-order valence-corrected chi connectivity index (χ2v) is 4.88. The van der Waals surface area contributed by atoms with Gasteiger partial charge in [-0.25, -0.2) is 8.42 Å². The van der Waals surface area contributed by atoms with E-state index in [9.17, 15) is 8.42 Å². The summed E-state index contributed by atoms with van der Waals surface area (Å²) in [6.45, 7) is 2.01. The van der Waals surface area contributed by atoms with Gasteiger partial charge in [0.2, 0.25) is 0 Å². The SMILES string of the molecule is CCc1ccc2c(c1)S(=O)(=O)C=C2. The van der Waals surface area contributed by atoms with Gasteiger partial charge in [0, 0.05) is 5.41 Å². The van der Waals surface area contributed by atoms with Gasteiger partial charge in [-0.2, -0.15) is 0 Å². The van der Waals surface area contributed by atoms with E-state index in [1.54, 1.807) is 12.1 Å². The first-order chi connectivity index (χ1) is 6.13. The Morgan fingerprint density at radius 1 is 1.31 bits per heavy atom. The van der Waals surface area contributed by atoms with Crippen LogP contribution in [-0.4, -0.2) is 8.42 Å². The third-order valence-corrected chi connectivity index (χ3v) is 3.68. The van der Waals surface area contributed by atoms with Crippen LogP contribution in [0.2, 0.25) is 0 Å². The number of hydrogen-bond donors (Lipinski definition) is 0. The van der Waals surface area contributed by atoms with Gasteiger partial charge in [0.1, 0.15) is 0 Å². The minimum absolute atomic E-state index is 0.451. The van der Waals surface area contributed by atoms with Gasteiger partial charge in [-0.05, 0) is 29.7 Å². The average Bonchev–Trinajstić information content (AvgIpc) is 2.42. The predicted octanol–water partition coefficient (Wildman–Crippen LogP) is 2.01. The molecule has 0 aromatic heterocycles. The molecule has 0 saturated heterocycles. The van der Waals surface area contributed by atoms with Crippen molar-refractivity contribution in [2.45, 2.75) is 18.2 Å². The van der Waals surface area contributed by atoms with Gasteiger partial charge in [-0.15, -0.1) is 0 Å². The normalized spacial score (nSPS) is 17.3. The summed E-state index contributed by atoms with van der Waals surface area (Å²) >= 11 is 0. The molecule has 1 aliphatic heterocycles. The second kappa shape index (κ2) is 2.70. The van der Waals surface area contributed by atoms with Crippen molar-refractivity contribution in [3.8, 4) is 0 Å². The van der Waals surface area contributed by atoms with E-state index in [-0.39, 0.29) is 0 Å². The number of sulfone groups is 1. The number of fused-ring (bicyclic) bond motifs is 1. The van der Waals surface area contributed by atoms with Crippen LogP contribution >= 0.6 is 0 Å². The maximum absolute atomic E-state index is 11.4. The number of rotatable bonds is 1. The molecule has 0 spiro atoms. The highest BCUT2D eigenvalue weighted by Gasteiger charge is 2.20. The van der Waals surface area contributed by atoms with Crippen LogP contribution in [0.4, 0.5) is 0 Å². The van der Waals surface area contributed by atoms with Crippen molar-refractivity contribution in [1.29, 1.82) is 0 Å². The molecule has 1 aliphatic rings. The molecule has 0 N–H and O–H groups in total. The predicted molar refractivity (Wildman–Crippen MR) is 52.0 cm³/mol. The molecule has 1 heterocycles. The highest BCUT2D eigenvalue weighted by atomic mass is 32.2. The fraction of sp³-hybridized carbons (Fsp3) is 0.200. The van der Waals surface area contributed by atoms with Crippen LogP contribution < -0.4 is 0 Å². The summed E-state index contributed by atoms with van der Waals surface area (Å²) in [4.78, 5) is 0.451. The fourth-order valence-electron chi connectivity index (χ4n) is 1.42. The molecule has 0 amide bonds. The van der Waals surface area contributed by atoms with Gasteiger partial charge in [-0.3, -0.25) is 0 Å². The molecule has 2 rings (SSSR count). The van der Waals surface area contributed by atoms with E-state index in [0.717, 1.165) is 17.5 Å². The van der Waals surface area contributed by atoms with Gasteiger partial charge in [0.25, 0.3) is 0 Å². The Kier molecular flexibility index (Phi) is 1.77. The van der Waals surface area contributed by atoms with E-state index < -0.39 is 9.84 Å². The lowest BCUT2D eigenvalue weighted by Crippen LogP contribution is -1.94. The Balaban J connectivity index is 2.68. The first-order valence-corrected chi connectivity index (χ1v) is 5.74. The lowest BCUT2D eigenvalue weighted by atomic mass is 10.1. The quantitative estimate of drug-likeness (QED) is 0.685. The van der Waals surface area contributed by atoms with E-state index in [1.807, 2.05) is 19.1 Å². The summed E-state index contributed by atoms with van der Waals surface area (Å²) in [5, 5.41) is 1.26. The Hall–Kier alpha value is -1.09. The maximum atomic E-state index is 11.4. The number of benzene rings is 1. The first-order valence-electron chi connectivity index (χ1n) is 4.19. The van der Waals surface area contributed by atoms with Crippen LogP contribution in [-0.2, 0) is 16.3 Å². The molecule has 3 heteroatoms. The van der Waals surface area contributed by atoms with Gasteiger partial charge in [0.05, 0.1) is 4.90 Å². The van der Waals surface area contributed by atoms with Crippen molar-refractivity contribution in [2.24, 2.45) is 0 Å². The molecule has 0 radical (unpaired) electrons. The summed E-state index contributed by atoms with van der Waals surface area (Å²) in [7, 11) is -3.12. The summed E-state index contributed by atoms with van der Waals surface area (Å²) in [6.07, 6.45) is 2.51. The summed E-state index contributed by atoms with van der Waals surface area (Å²) in [5.41, 5.74) is 1.86. The molecule has 68 valence electrons. The molecule has 2 nitrogen and oxygen atoms in total. The molecule has 0 bridgehead atoms. The Bertz CT molecular complexity index is 470. The first kappa shape index (κ1) is 8.51. The zero-order valence-corrected chi connectivity index (χ0v) is 8.14. The van der Waals surface area contributed by atoms with E-state index in [1.165, 1.54) is 5.41 Å². The highest BCUT2D eigenvalue weighted by molar-refractivity contribution is 7.94. The van der Waals surface area contributed by atoms with Crippen LogP contribution in [0.15, 0.2) is 28.5 Å². The summed E-state index contributed by atoms with van der Waals surface area (Å²) in [6, 6.07) is 5.57. The lowest BCUT2D eigenvalue weighted by molar-refractivity contribution is 0.605. The minimum Gasteiger partial charge on any atom is -0.219 e. The molecule has 0 fully saturated rings. The van der Waals surface area contributed by atoms with Crippen molar-refractivity contribution in [3.05, 3.63) is 34.7 Å². The maximum Gasteiger partial charge on any atom is 0.200 e. The van der Waals surface area contributed by atoms with E-state index >= 15 is 0 Å². The molecule has 0 unspecified atom stereocenters. The third kappa shape index (κ3) is 1.29. The van der Waals surface area contributed by atoms with Gasteiger partial charge < -0.3 is 0 Å². The number of hydrogen-bond acceptors (Lipinski definition) is 2. The molecule has 0 atom stereocenters. The molecule has 0 aliphatic carbocycles. The Morgan fingerprint density at radius 3 is 2.77 bits per heavy atom. The van der Waals surface area contributed by atoms with Crippen molar-refractivity contribution >= 4 is 15.9 Å². The molecule has 13 heavy (non-hydrogen) atoms. The van der Waals surface area contributed by atoms with Crippen LogP contribution in [0.1, 0.15) is 18.1 Å². The van der Waals surface area contributed by atoms with E-state index in [0.29, 0.717) is 4.90 Å². The molecular weight excluding hydrogens is 184 g/mol. The summed E-state index contributed by atoms with van der Waals surface area (Å²) in [5.74, 6) is 0. The summed E-state index contributed by atoms with van der Waals surface area (Å²) < 4.78 is 22.9. The topological polar surface area (TPSA) is 34.1 Å². The van der Waals surface area contributed by atoms with Crippen LogP contribution in [0.25, 0.3) is 6.08 Å². The van der Waals surface area contributed by atoms with Crippen molar-refractivity contribution in [1.82, 2.24) is 0 Å². The van der Waals surface area contributed by atoms with Gasteiger partial charge in [-0.1, -0.05) is 19.1 Å². The zero-order chi connectivity index (χ0) is 9.47. The van der Waals surface area contributed by atoms with Crippen molar-refractivity contribution in [2.75, 3.05) is 0 Å². The highest BCUT2D eigenvalue weighted by Crippen LogP contribution is 2.27. The Morgan fingerprint density at radius 2 is 2.08 bits per heavy atom. The monoisotopic (exact) mass is 194 g/mol. The van der Waals surface area contributed by atoms with Gasteiger partial charge in [0.15, 0.2) is 9.84 Å². The standard InChI is InChI=1S/C10H10O2S/c1-2-8-3-4-9-5-6-13(11,12)10(9)7-8/h3-7H,2H2,1H3. The second-order valence-electron chi connectivity index (χ2n) is 3.07. The van der Waals surface area contributed by atoms with Crippen molar-refractivity contribution < 1.29 is 8.42 Å². The number of aryl methyl sites for hydroxylation is 1. The molecule has 1 aromatic rings. The van der Waals surface area contributed by atoms with Gasteiger partial charge >= 0.3 is 0 Å². The lowest BCUT2D eigenvalue weighted by Gasteiger charge is -2.01. The molecular formula is C10H10O2S. The third-order valence-electron chi connectivity index (χ3n) is 2.22. The Labute approximate surface area is 77.8 Å². The van der Waals surface area contributed by atoms with Crippen molar-refractivity contribution in [3.63, 3.8) is 0 Å².